The number of hydrogen-bond acceptors (Lipinski definition) is 13. The summed E-state index contributed by atoms with van der Waals surface area (Å²) < 4.78 is 41.7. The lowest BCUT2D eigenvalue weighted by atomic mass is 9.59. The molecular weight excluding hydrogens is 992 g/mol. The maximum absolute atomic E-state index is 14.1. The quantitative estimate of drug-likeness (QED) is 0.0529. The third kappa shape index (κ3) is 11.6. The van der Waals surface area contributed by atoms with Crippen LogP contribution in [0.15, 0.2) is 108 Å². The van der Waals surface area contributed by atoms with E-state index in [2.05, 4.69) is 72.8 Å². The molecule has 396 valence electrons. The zero-order valence-corrected chi connectivity index (χ0v) is 44.6. The van der Waals surface area contributed by atoms with E-state index in [9.17, 15) is 28.4 Å². The van der Waals surface area contributed by atoms with Gasteiger partial charge < -0.3 is 29.8 Å². The van der Waals surface area contributed by atoms with Crippen molar-refractivity contribution in [3.8, 4) is 17.2 Å². The number of nitro benzene ring substituents is 1. The molecule has 1 spiro atoms. The molecule has 2 saturated carbocycles. The number of hydrogen-bond donors (Lipinski definition) is 4. The van der Waals surface area contributed by atoms with Gasteiger partial charge in [-0.3, -0.25) is 24.7 Å². The summed E-state index contributed by atoms with van der Waals surface area (Å²) in [5.74, 6) is 0.931. The molecule has 2 saturated heterocycles. The van der Waals surface area contributed by atoms with Crippen molar-refractivity contribution in [2.75, 3.05) is 56.6 Å². The number of sulfonamides is 1. The van der Waals surface area contributed by atoms with Gasteiger partial charge in [-0.15, -0.1) is 0 Å². The first-order valence-corrected chi connectivity index (χ1v) is 28.0. The highest BCUT2D eigenvalue weighted by molar-refractivity contribution is 7.90. The molecule has 1 atom stereocenters. The smallest absolute Gasteiger partial charge is 0.293 e. The number of ether oxygens (including phenoxy) is 2. The number of nitrogens with one attached hydrogen (secondary N) is 3. The zero-order valence-electron chi connectivity index (χ0n) is 43.1. The van der Waals surface area contributed by atoms with Crippen molar-refractivity contribution < 1.29 is 32.7 Å². The predicted molar refractivity (Wildman–Crippen MR) is 292 cm³/mol. The Morgan fingerprint density at radius 2 is 1.71 bits per heavy atom. The molecule has 6 aromatic rings. The number of aliphatic hydroxyl groups is 1. The van der Waals surface area contributed by atoms with Crippen molar-refractivity contribution in [3.63, 3.8) is 0 Å². The van der Waals surface area contributed by atoms with E-state index in [1.54, 1.807) is 31.5 Å². The molecule has 16 nitrogen and oxygen atoms in total. The highest BCUT2D eigenvalue weighted by Crippen LogP contribution is 2.53. The minimum atomic E-state index is -4.60. The molecule has 75 heavy (non-hydrogen) atoms. The first-order valence-electron chi connectivity index (χ1n) is 26.2. The summed E-state index contributed by atoms with van der Waals surface area (Å²) >= 11 is 6.75. The third-order valence-corrected chi connectivity index (χ3v) is 17.9. The lowest BCUT2D eigenvalue weighted by Crippen LogP contribution is -2.60. The number of piperidine rings is 1. The number of methoxy groups -OCH3 is 1. The van der Waals surface area contributed by atoms with Gasteiger partial charge >= 0.3 is 0 Å². The average Bonchev–Trinajstić information content (AvgIpc) is 3.86. The number of aromatic nitrogens is 2. The number of H-pyrrole nitrogens is 1. The molecule has 2 aliphatic carbocycles. The third-order valence-electron chi connectivity index (χ3n) is 16.4. The molecule has 4 aromatic carbocycles. The Morgan fingerprint density at radius 1 is 0.947 bits per heavy atom. The number of amides is 1. The first-order chi connectivity index (χ1) is 35.9. The molecule has 0 bridgehead atoms. The van der Waals surface area contributed by atoms with Crippen molar-refractivity contribution in [2.45, 2.75) is 107 Å². The summed E-state index contributed by atoms with van der Waals surface area (Å²) in [6.45, 7) is 12.0. The van der Waals surface area contributed by atoms with Gasteiger partial charge in [-0.1, -0.05) is 43.6 Å². The predicted octanol–water partition coefficient (Wildman–Crippen LogP) is 10.8. The van der Waals surface area contributed by atoms with Gasteiger partial charge in [-0.2, -0.15) is 0 Å². The summed E-state index contributed by atoms with van der Waals surface area (Å²) in [4.78, 5) is 40.4. The van der Waals surface area contributed by atoms with Crippen LogP contribution in [-0.2, 0) is 16.6 Å². The summed E-state index contributed by atoms with van der Waals surface area (Å²) in [7, 11) is -2.90. The molecule has 0 radical (unpaired) electrons. The molecule has 2 aromatic heterocycles. The van der Waals surface area contributed by atoms with Gasteiger partial charge in [-0.25, -0.2) is 18.1 Å². The second-order valence-electron chi connectivity index (χ2n) is 21.9. The van der Waals surface area contributed by atoms with Crippen molar-refractivity contribution in [1.29, 1.82) is 0 Å². The van der Waals surface area contributed by atoms with E-state index >= 15 is 0 Å². The lowest BCUT2D eigenvalue weighted by molar-refractivity contribution is -0.384. The molecule has 4 fully saturated rings. The molecule has 4 aliphatic rings. The topological polar surface area (TPSA) is 195 Å². The number of pyridine rings is 1. The van der Waals surface area contributed by atoms with E-state index in [1.165, 1.54) is 35.0 Å². The van der Waals surface area contributed by atoms with Crippen molar-refractivity contribution in [1.82, 2.24) is 24.5 Å². The summed E-state index contributed by atoms with van der Waals surface area (Å²) in [6, 6.07) is 27.8. The van der Waals surface area contributed by atoms with Crippen LogP contribution in [0.1, 0.15) is 111 Å². The molecule has 0 unspecified atom stereocenters. The van der Waals surface area contributed by atoms with E-state index in [4.69, 9.17) is 21.1 Å². The number of aromatic amines is 1. The number of halogens is 1. The number of anilines is 2. The van der Waals surface area contributed by atoms with Crippen LogP contribution < -0.4 is 24.4 Å². The lowest BCUT2D eigenvalue weighted by Gasteiger charge is -2.58. The van der Waals surface area contributed by atoms with Crippen LogP contribution in [0.3, 0.4) is 0 Å². The Kier molecular flexibility index (Phi) is 14.9. The van der Waals surface area contributed by atoms with Crippen LogP contribution in [0.2, 0.25) is 5.02 Å². The highest BCUT2D eigenvalue weighted by Gasteiger charge is 2.50. The fourth-order valence-electron chi connectivity index (χ4n) is 11.9. The monoisotopic (exact) mass is 1060 g/mol. The molecule has 2 aliphatic heterocycles. The van der Waals surface area contributed by atoms with Crippen LogP contribution in [0.4, 0.5) is 17.1 Å². The van der Waals surface area contributed by atoms with Crippen molar-refractivity contribution in [2.24, 2.45) is 11.3 Å². The van der Waals surface area contributed by atoms with E-state index in [-0.39, 0.29) is 34.4 Å². The highest BCUT2D eigenvalue weighted by atomic mass is 35.5. The van der Waals surface area contributed by atoms with Crippen molar-refractivity contribution >= 4 is 55.6 Å². The Morgan fingerprint density at radius 3 is 2.43 bits per heavy atom. The van der Waals surface area contributed by atoms with Gasteiger partial charge in [0.1, 0.15) is 28.6 Å². The van der Waals surface area contributed by atoms with E-state index in [1.807, 2.05) is 37.3 Å². The first kappa shape index (κ1) is 52.2. The van der Waals surface area contributed by atoms with Crippen LogP contribution in [0, 0.1) is 21.4 Å². The SMILES string of the molecule is COc1ccc(CN2CCN(C3CC4(CCN(c5ccc(C(=O)NS(=O)(=O)c6ccc(NC[C@H]7CC[C@](C)(O)CC7)c([N+](=O)[O-])c6)c(Oc6cnc7[nH]ccc7c6)c5)CC4)C3)[C@H](c3cc(Cl)ccc3C(C)C)C2)cc1. The van der Waals surface area contributed by atoms with Crippen LogP contribution in [0.25, 0.3) is 11.0 Å². The fourth-order valence-corrected chi connectivity index (χ4v) is 13.1. The van der Waals surface area contributed by atoms with Gasteiger partial charge in [-0.05, 0) is 153 Å². The number of nitrogens with zero attached hydrogens (tertiary/aromatic N) is 5. The van der Waals surface area contributed by atoms with Gasteiger partial charge in [0, 0.05) is 92.3 Å². The number of rotatable bonds is 16. The van der Waals surface area contributed by atoms with Crippen LogP contribution in [-0.4, -0.2) is 102 Å². The number of fused-ring (bicyclic) bond motifs is 1. The Balaban J connectivity index is 0.835. The number of benzene rings is 4. The van der Waals surface area contributed by atoms with Gasteiger partial charge in [0.2, 0.25) is 0 Å². The Labute approximate surface area is 444 Å². The van der Waals surface area contributed by atoms with Crippen LogP contribution in [0.5, 0.6) is 17.2 Å². The summed E-state index contributed by atoms with van der Waals surface area (Å²) in [5.41, 5.74) is 4.59. The summed E-state index contributed by atoms with van der Waals surface area (Å²) in [6.07, 6.45) is 10.3. The molecule has 1 amide bonds. The molecular formula is C57H67ClN8O8S. The maximum atomic E-state index is 14.1. The summed E-state index contributed by atoms with van der Waals surface area (Å²) in [5, 5.41) is 27.3. The standard InChI is InChI=1S/C57H67ClN8O8S/c1-37(2)47-12-7-41(58)28-49(47)52-36-63(35-39-5-9-44(73-4)10-6-39)25-26-65(52)43-31-57(32-43)20-23-64(24-21-57)42-8-13-48(53(29-42)74-45-27-40-17-22-59-54(40)61-34-45)55(67)62-75(71,72)46-11-14-50(51(30-46)66(69)70)60-33-38-15-18-56(3,68)19-16-38/h5-14,17,22,27-30,34,37-38,43,52,60,68H,15-16,18-21,23-26,31-33,35-36H2,1-4H3,(H,59,61)(H,62,67)/t38-,52-,56-/m0/s1. The van der Waals surface area contributed by atoms with Crippen molar-refractivity contribution in [3.05, 3.63) is 141 Å². The number of nitro groups is 1. The Bertz CT molecular complexity index is 3160. The number of carbonyl (C=O) groups excluding carboxylic acids is 1. The van der Waals surface area contributed by atoms with E-state index in [0.29, 0.717) is 42.7 Å². The largest absolute Gasteiger partial charge is 0.497 e. The number of piperazine rings is 1. The molecule has 4 N–H and O–H groups in total. The molecule has 18 heteroatoms. The second kappa shape index (κ2) is 21.4. The molecule has 10 rings (SSSR count). The minimum Gasteiger partial charge on any atom is -0.497 e. The second-order valence-corrected chi connectivity index (χ2v) is 24.0. The van der Waals surface area contributed by atoms with Gasteiger partial charge in [0.05, 0.1) is 34.3 Å². The van der Waals surface area contributed by atoms with Gasteiger partial charge in [0.25, 0.3) is 21.6 Å². The zero-order chi connectivity index (χ0) is 52.6. The number of carbonyl (C=O) groups is 1. The van der Waals surface area contributed by atoms with Crippen LogP contribution >= 0.6 is 11.6 Å². The van der Waals surface area contributed by atoms with E-state index < -0.39 is 37.0 Å². The Hall–Kier alpha value is -6.24. The average molecular weight is 1060 g/mol. The van der Waals surface area contributed by atoms with E-state index in [0.717, 1.165) is 106 Å². The van der Waals surface area contributed by atoms with Gasteiger partial charge in [0.15, 0.2) is 0 Å². The maximum Gasteiger partial charge on any atom is 0.293 e. The molecule has 4 heterocycles. The normalized spacial score (nSPS) is 21.5. The fraction of sp³-hybridized carbons (Fsp3) is 0.439. The minimum absolute atomic E-state index is 0.0370.